The number of hydrogen-bond donors (Lipinski definition) is 3. The van der Waals surface area contributed by atoms with Crippen LogP contribution in [0.25, 0.3) is 0 Å². The second-order valence-electron chi connectivity index (χ2n) is 8.04. The highest BCUT2D eigenvalue weighted by Crippen LogP contribution is 2.23. The fourth-order valence-electron chi connectivity index (χ4n) is 3.18. The molecule has 2 aromatic rings. The maximum absolute atomic E-state index is 7.92. The lowest BCUT2D eigenvalue weighted by Gasteiger charge is -2.24. The summed E-state index contributed by atoms with van der Waals surface area (Å²) in [5.41, 5.74) is 15.4. The smallest absolute Gasteiger partial charge is 0.119 e. The average Bonchev–Trinajstić information content (AvgIpc) is 2.79. The molecule has 0 atom stereocenters. The fourth-order valence-corrected chi connectivity index (χ4v) is 3.18. The first-order valence-electron chi connectivity index (χ1n) is 11.1. The van der Waals surface area contributed by atoms with E-state index in [1.807, 2.05) is 48.6 Å². The number of nitrogens with two attached hydrogens (primary N) is 2. The summed E-state index contributed by atoms with van der Waals surface area (Å²) in [6.45, 7) is 3.48. The van der Waals surface area contributed by atoms with Gasteiger partial charge in [-0.1, -0.05) is 24.3 Å². The van der Waals surface area contributed by atoms with Gasteiger partial charge in [-0.05, 0) is 63.1 Å². The van der Waals surface area contributed by atoms with Crippen LogP contribution in [0.1, 0.15) is 17.5 Å². The molecule has 5 N–H and O–H groups in total. The molecule has 0 saturated carbocycles. The van der Waals surface area contributed by atoms with Gasteiger partial charge in [0.25, 0.3) is 0 Å². The molecule has 0 heterocycles. The molecule has 0 radical (unpaired) electrons. The van der Waals surface area contributed by atoms with Crippen molar-refractivity contribution < 1.29 is 9.47 Å². The van der Waals surface area contributed by atoms with Gasteiger partial charge < -0.3 is 36.2 Å². The maximum atomic E-state index is 7.92. The first kappa shape index (κ1) is 26.0. The Morgan fingerprint density at radius 2 is 1.88 bits per heavy atom. The number of nitrogen functional groups attached to an aromatic ring is 1. The van der Waals surface area contributed by atoms with E-state index in [0.29, 0.717) is 25.5 Å². The van der Waals surface area contributed by atoms with Crippen LogP contribution in [0.3, 0.4) is 0 Å². The number of benzene rings is 2. The van der Waals surface area contributed by atoms with E-state index < -0.39 is 0 Å². The van der Waals surface area contributed by atoms with Gasteiger partial charge in [-0.2, -0.15) is 0 Å². The van der Waals surface area contributed by atoms with E-state index in [-0.39, 0.29) is 0 Å². The monoisotopic (exact) mass is 451 g/mol. The third-order valence-electron chi connectivity index (χ3n) is 5.00. The first-order valence-corrected chi connectivity index (χ1v) is 11.1. The molecule has 0 bridgehead atoms. The quantitative estimate of drug-likeness (QED) is 0.175. The van der Waals surface area contributed by atoms with Crippen molar-refractivity contribution in [3.8, 4) is 5.75 Å². The molecule has 0 aliphatic rings. The van der Waals surface area contributed by atoms with Gasteiger partial charge in [0.05, 0.1) is 25.5 Å². The fraction of sp³-hybridized carbons (Fsp3) is 0.346. The van der Waals surface area contributed by atoms with Gasteiger partial charge in [0, 0.05) is 42.6 Å². The van der Waals surface area contributed by atoms with E-state index in [1.165, 1.54) is 6.20 Å². The molecule has 0 fully saturated rings. The molecule has 0 spiro atoms. The van der Waals surface area contributed by atoms with Crippen LogP contribution in [0.2, 0.25) is 0 Å². The van der Waals surface area contributed by atoms with Crippen LogP contribution in [0.5, 0.6) is 5.75 Å². The number of rotatable bonds is 14. The molecule has 2 aromatic carbocycles. The zero-order valence-corrected chi connectivity index (χ0v) is 20.0. The molecule has 0 aliphatic heterocycles. The third kappa shape index (κ3) is 9.39. The Kier molecular flexibility index (Phi) is 11.0. The van der Waals surface area contributed by atoms with Crippen LogP contribution < -0.4 is 21.1 Å². The van der Waals surface area contributed by atoms with Gasteiger partial charge >= 0.3 is 0 Å². The summed E-state index contributed by atoms with van der Waals surface area (Å²) in [5.74, 6) is 0.736. The lowest BCUT2D eigenvalue weighted by molar-refractivity contribution is 0.148. The minimum atomic E-state index is 0.354. The first-order chi connectivity index (χ1) is 15.9. The average molecular weight is 452 g/mol. The maximum Gasteiger partial charge on any atom is 0.119 e. The zero-order valence-electron chi connectivity index (χ0n) is 20.0. The Hall–Kier alpha value is -3.29. The second-order valence-corrected chi connectivity index (χ2v) is 8.04. The molecular weight excluding hydrogens is 414 g/mol. The van der Waals surface area contributed by atoms with Gasteiger partial charge in [0.2, 0.25) is 0 Å². The van der Waals surface area contributed by atoms with E-state index >= 15 is 0 Å². The minimum Gasteiger partial charge on any atom is -0.493 e. The van der Waals surface area contributed by atoms with E-state index in [2.05, 4.69) is 37.0 Å². The highest BCUT2D eigenvalue weighted by atomic mass is 16.5. The number of anilines is 2. The van der Waals surface area contributed by atoms with Crippen molar-refractivity contribution in [3.63, 3.8) is 0 Å². The Morgan fingerprint density at radius 3 is 2.64 bits per heavy atom. The summed E-state index contributed by atoms with van der Waals surface area (Å²) < 4.78 is 11.6. The van der Waals surface area contributed by atoms with Crippen molar-refractivity contribution in [1.29, 1.82) is 5.41 Å². The molecule has 33 heavy (non-hydrogen) atoms. The van der Waals surface area contributed by atoms with Crippen molar-refractivity contribution in [2.75, 3.05) is 58.1 Å². The summed E-state index contributed by atoms with van der Waals surface area (Å²) >= 11 is 0. The van der Waals surface area contributed by atoms with Crippen molar-refractivity contribution in [2.24, 2.45) is 5.73 Å². The van der Waals surface area contributed by atoms with Gasteiger partial charge in [-0.15, -0.1) is 0 Å². The van der Waals surface area contributed by atoms with E-state index in [9.17, 15) is 0 Å². The normalized spacial score (nSPS) is 11.5. The van der Waals surface area contributed by atoms with Gasteiger partial charge in [0.1, 0.15) is 5.75 Å². The zero-order chi connectivity index (χ0) is 24.1. The van der Waals surface area contributed by atoms with E-state index in [4.69, 9.17) is 26.4 Å². The van der Waals surface area contributed by atoms with E-state index in [1.54, 1.807) is 6.08 Å². The lowest BCUT2D eigenvalue weighted by Crippen LogP contribution is -2.29. The van der Waals surface area contributed by atoms with Gasteiger partial charge in [0.15, 0.2) is 0 Å². The van der Waals surface area contributed by atoms with Crippen molar-refractivity contribution in [2.45, 2.75) is 13.0 Å². The summed E-state index contributed by atoms with van der Waals surface area (Å²) in [6.07, 6.45) is 7.73. The summed E-state index contributed by atoms with van der Waals surface area (Å²) in [4.78, 5) is 4.40. The topological polar surface area (TPSA) is 101 Å². The highest BCUT2D eigenvalue weighted by Gasteiger charge is 2.08. The molecular formula is C26H37N5O2. The van der Waals surface area contributed by atoms with Crippen LogP contribution >= 0.6 is 0 Å². The number of likely N-dealkylation sites (N-methyl/N-ethyl adjacent to an activating group) is 2. The molecule has 178 valence electrons. The minimum absolute atomic E-state index is 0.354. The van der Waals surface area contributed by atoms with Crippen LogP contribution in [0.4, 0.5) is 11.4 Å². The van der Waals surface area contributed by atoms with Gasteiger partial charge in [-0.3, -0.25) is 0 Å². The summed E-state index contributed by atoms with van der Waals surface area (Å²) in [6, 6.07) is 13.4. The molecule has 0 saturated heterocycles. The predicted molar refractivity (Wildman–Crippen MR) is 138 cm³/mol. The van der Waals surface area contributed by atoms with Crippen LogP contribution in [-0.2, 0) is 11.3 Å². The summed E-state index contributed by atoms with van der Waals surface area (Å²) in [7, 11) is 6.23. The Labute approximate surface area is 197 Å². The molecule has 0 unspecified atom stereocenters. The molecule has 0 aromatic heterocycles. The van der Waals surface area contributed by atoms with Crippen molar-refractivity contribution in [1.82, 2.24) is 4.90 Å². The highest BCUT2D eigenvalue weighted by molar-refractivity contribution is 6.06. The Morgan fingerprint density at radius 1 is 1.06 bits per heavy atom. The molecule has 7 heteroatoms. The van der Waals surface area contributed by atoms with Crippen LogP contribution in [-0.4, -0.2) is 58.1 Å². The Bertz CT molecular complexity index is 940. The van der Waals surface area contributed by atoms with Crippen molar-refractivity contribution in [3.05, 3.63) is 78.0 Å². The molecule has 0 aliphatic carbocycles. The number of hydrogen-bond acceptors (Lipinski definition) is 7. The Balaban J connectivity index is 1.75. The lowest BCUT2D eigenvalue weighted by atomic mass is 10.1. The largest absolute Gasteiger partial charge is 0.493 e. The van der Waals surface area contributed by atoms with Gasteiger partial charge in [-0.25, -0.2) is 0 Å². The second kappa shape index (κ2) is 14.0. The summed E-state index contributed by atoms with van der Waals surface area (Å²) in [5, 5.41) is 7.92. The number of nitrogens with zero attached hydrogens (tertiary/aromatic N) is 2. The SMILES string of the molecule is CN(C)CCN(C)c1ccc(N)cc1COC/C=C/CCOc1cccc(C(=N)/C=C\N)c1. The van der Waals surface area contributed by atoms with E-state index in [0.717, 1.165) is 47.8 Å². The molecule has 0 amide bonds. The number of allylic oxidation sites excluding steroid dienone is 1. The number of nitrogens with one attached hydrogen (secondary N) is 1. The van der Waals surface area contributed by atoms with Crippen molar-refractivity contribution >= 4 is 17.1 Å². The third-order valence-corrected chi connectivity index (χ3v) is 5.00. The predicted octanol–water partition coefficient (Wildman–Crippen LogP) is 3.65. The van der Waals surface area contributed by atoms with Crippen LogP contribution in [0, 0.1) is 5.41 Å². The van der Waals surface area contributed by atoms with Crippen LogP contribution in [0.15, 0.2) is 66.9 Å². The standard InChI is InChI=1S/C26H37N5O2/c1-30(2)14-15-31(3)26-11-10-23(28)18-22(26)20-32-16-5-4-6-17-33-24-9-7-8-21(19-24)25(29)12-13-27/h4-5,7-13,18-19,29H,6,14-17,20,27-28H2,1-3H3/b5-4+,13-12-,29-25?. The molecule has 2 rings (SSSR count). The number of ether oxygens (including phenoxy) is 2. The molecule has 7 nitrogen and oxygen atoms in total.